The highest BCUT2D eigenvalue weighted by Crippen LogP contribution is 2.17. The summed E-state index contributed by atoms with van der Waals surface area (Å²) in [5.41, 5.74) is 0.469. The monoisotopic (exact) mass is 280 g/mol. The van der Waals surface area contributed by atoms with Crippen LogP contribution < -0.4 is 5.11 Å². The molecule has 1 aromatic carbocycles. The van der Waals surface area contributed by atoms with Crippen molar-refractivity contribution in [3.8, 4) is 11.8 Å². The molecule has 0 spiro atoms. The minimum absolute atomic E-state index is 0.0445. The van der Waals surface area contributed by atoms with E-state index in [2.05, 4.69) is 16.8 Å². The third-order valence-corrected chi connectivity index (χ3v) is 2.21. The average Bonchev–Trinajstić information content (AvgIpc) is 2.26. The third-order valence-electron chi connectivity index (χ3n) is 1.97. The van der Waals surface area contributed by atoms with Crippen molar-refractivity contribution in [2.24, 2.45) is 4.99 Å². The Morgan fingerprint density at radius 3 is 2.74 bits per heavy atom. The van der Waals surface area contributed by atoms with E-state index in [0.29, 0.717) is 17.3 Å². The standard InChI is InChI=1S/C14H17ClN2O2/c1-17(2,3)9-4-5-10-19-14(18)16-13-8-6-7-12(15)11-13/h6-8,11H,9-10H2,1-3H3. The van der Waals surface area contributed by atoms with E-state index in [0.717, 1.165) is 4.48 Å². The molecule has 0 aliphatic rings. The summed E-state index contributed by atoms with van der Waals surface area (Å²) in [6.07, 6.45) is -0.665. The maximum atomic E-state index is 11.4. The van der Waals surface area contributed by atoms with Gasteiger partial charge in [-0.2, -0.15) is 0 Å². The molecule has 19 heavy (non-hydrogen) atoms. The largest absolute Gasteiger partial charge is 0.587 e. The highest BCUT2D eigenvalue weighted by Gasteiger charge is 2.01. The van der Waals surface area contributed by atoms with Crippen molar-refractivity contribution in [3.05, 3.63) is 29.3 Å². The lowest BCUT2D eigenvalue weighted by molar-refractivity contribution is -0.862. The van der Waals surface area contributed by atoms with Gasteiger partial charge in [0.2, 0.25) is 0 Å². The molecule has 0 N–H and O–H groups in total. The second-order valence-corrected chi connectivity index (χ2v) is 5.38. The second kappa shape index (κ2) is 7.03. The van der Waals surface area contributed by atoms with Crippen molar-refractivity contribution in [1.82, 2.24) is 0 Å². The summed E-state index contributed by atoms with van der Waals surface area (Å²) in [7, 11) is 6.11. The molecule has 4 nitrogen and oxygen atoms in total. The average molecular weight is 281 g/mol. The Labute approximate surface area is 118 Å². The Bertz CT molecular complexity index is 510. The van der Waals surface area contributed by atoms with Crippen LogP contribution in [0.1, 0.15) is 0 Å². The van der Waals surface area contributed by atoms with E-state index < -0.39 is 6.08 Å². The van der Waals surface area contributed by atoms with E-state index in [1.807, 2.05) is 21.1 Å². The summed E-state index contributed by atoms with van der Waals surface area (Å²) < 4.78 is 5.62. The predicted molar refractivity (Wildman–Crippen MR) is 75.2 cm³/mol. The zero-order valence-electron chi connectivity index (χ0n) is 11.3. The molecular weight excluding hydrogens is 264 g/mol. The molecule has 0 aliphatic carbocycles. The highest BCUT2D eigenvalue weighted by molar-refractivity contribution is 6.30. The van der Waals surface area contributed by atoms with E-state index in [1.54, 1.807) is 24.3 Å². The van der Waals surface area contributed by atoms with Gasteiger partial charge in [0.25, 0.3) is 0 Å². The van der Waals surface area contributed by atoms with Gasteiger partial charge >= 0.3 is 0 Å². The van der Waals surface area contributed by atoms with Crippen molar-refractivity contribution < 1.29 is 14.3 Å². The van der Waals surface area contributed by atoms with Gasteiger partial charge in [0, 0.05) is 5.02 Å². The number of hydrogen-bond donors (Lipinski definition) is 0. The third kappa shape index (κ3) is 7.35. The fraction of sp³-hybridized carbons (Fsp3) is 0.357. The van der Waals surface area contributed by atoms with Crippen LogP contribution in [0, 0.1) is 11.8 Å². The zero-order chi connectivity index (χ0) is 14.3. The number of aliphatic imine (C=N–C) groups is 1. The molecule has 0 aromatic heterocycles. The summed E-state index contributed by atoms with van der Waals surface area (Å²) >= 11 is 5.78. The lowest BCUT2D eigenvalue weighted by Gasteiger charge is -2.20. The van der Waals surface area contributed by atoms with Crippen molar-refractivity contribution in [2.45, 2.75) is 0 Å². The number of rotatable bonds is 3. The Balaban J connectivity index is 2.45. The van der Waals surface area contributed by atoms with E-state index in [1.165, 1.54) is 0 Å². The SMILES string of the molecule is C[N+](C)(C)CC#CCOC([O-])=Nc1cccc(Cl)c1. The predicted octanol–water partition coefficient (Wildman–Crippen LogP) is 1.41. The molecule has 0 fully saturated rings. The summed E-state index contributed by atoms with van der Waals surface area (Å²) in [6, 6.07) is 6.69. The fourth-order valence-corrected chi connectivity index (χ4v) is 1.31. The van der Waals surface area contributed by atoms with Gasteiger partial charge in [0.15, 0.2) is 6.08 Å². The molecule has 0 heterocycles. The summed E-state index contributed by atoms with van der Waals surface area (Å²) in [6.45, 7) is 0.742. The minimum Gasteiger partial charge on any atom is -0.587 e. The first-order chi connectivity index (χ1) is 8.87. The van der Waals surface area contributed by atoms with Crippen molar-refractivity contribution in [2.75, 3.05) is 34.3 Å². The lowest BCUT2D eigenvalue weighted by atomic mass is 10.3. The number of quaternary nitrogens is 1. The van der Waals surface area contributed by atoms with Crippen LogP contribution in [0.5, 0.6) is 0 Å². The lowest BCUT2D eigenvalue weighted by Crippen LogP contribution is -2.34. The van der Waals surface area contributed by atoms with Crippen LogP contribution in [0.2, 0.25) is 5.02 Å². The van der Waals surface area contributed by atoms with E-state index >= 15 is 0 Å². The van der Waals surface area contributed by atoms with Crippen molar-refractivity contribution in [1.29, 1.82) is 0 Å². The number of halogens is 1. The van der Waals surface area contributed by atoms with E-state index in [-0.39, 0.29) is 6.61 Å². The summed E-state index contributed by atoms with van der Waals surface area (Å²) in [5, 5.41) is 11.9. The van der Waals surface area contributed by atoms with Crippen LogP contribution in [-0.2, 0) is 4.74 Å². The topological polar surface area (TPSA) is 44.6 Å². The molecule has 0 bridgehead atoms. The zero-order valence-corrected chi connectivity index (χ0v) is 12.1. The van der Waals surface area contributed by atoms with Crippen molar-refractivity contribution in [3.63, 3.8) is 0 Å². The van der Waals surface area contributed by atoms with Crippen LogP contribution in [0.15, 0.2) is 29.3 Å². The van der Waals surface area contributed by atoms with Gasteiger partial charge in [0.05, 0.1) is 33.4 Å². The molecule has 0 aliphatic heterocycles. The van der Waals surface area contributed by atoms with Gasteiger partial charge < -0.3 is 14.3 Å². The van der Waals surface area contributed by atoms with E-state index in [4.69, 9.17) is 16.3 Å². The molecule has 0 amide bonds. The van der Waals surface area contributed by atoms with Crippen molar-refractivity contribution >= 4 is 23.4 Å². The summed E-state index contributed by atoms with van der Waals surface area (Å²) in [5.74, 6) is 5.71. The quantitative estimate of drug-likeness (QED) is 0.364. The van der Waals surface area contributed by atoms with Gasteiger partial charge in [-0.1, -0.05) is 23.6 Å². The van der Waals surface area contributed by atoms with Crippen LogP contribution in [0.25, 0.3) is 0 Å². The molecule has 102 valence electrons. The Hall–Kier alpha value is -1.70. The second-order valence-electron chi connectivity index (χ2n) is 4.95. The molecule has 1 rings (SSSR count). The van der Waals surface area contributed by atoms with E-state index in [9.17, 15) is 5.11 Å². The highest BCUT2D eigenvalue weighted by atomic mass is 35.5. The van der Waals surface area contributed by atoms with Gasteiger partial charge in [0.1, 0.15) is 6.54 Å². The maximum Gasteiger partial charge on any atom is 0.152 e. The molecule has 0 unspecified atom stereocenters. The van der Waals surface area contributed by atoms with Gasteiger partial charge in [-0.05, 0) is 24.1 Å². The molecular formula is C14H17ClN2O2. The molecule has 0 atom stereocenters. The Kier molecular flexibility index (Phi) is 5.68. The molecule has 0 saturated heterocycles. The normalized spacial score (nSPS) is 11.7. The minimum atomic E-state index is -0.665. The fourth-order valence-electron chi connectivity index (χ4n) is 1.13. The Morgan fingerprint density at radius 1 is 1.37 bits per heavy atom. The molecule has 0 saturated carbocycles. The molecule has 1 aromatic rings. The number of benzene rings is 1. The first kappa shape index (κ1) is 15.4. The van der Waals surface area contributed by atoms with Crippen LogP contribution in [0.4, 0.5) is 5.69 Å². The van der Waals surface area contributed by atoms with Gasteiger partial charge in [-0.15, -0.1) is 0 Å². The first-order valence-electron chi connectivity index (χ1n) is 5.77. The summed E-state index contributed by atoms with van der Waals surface area (Å²) in [4.78, 5) is 3.75. The smallest absolute Gasteiger partial charge is 0.152 e. The van der Waals surface area contributed by atoms with Gasteiger partial charge in [-0.25, -0.2) is 4.99 Å². The number of hydrogen-bond acceptors (Lipinski definition) is 3. The Morgan fingerprint density at radius 2 is 2.11 bits per heavy atom. The number of nitrogens with zero attached hydrogens (tertiary/aromatic N) is 2. The number of ether oxygens (including phenoxy) is 1. The van der Waals surface area contributed by atoms with Crippen LogP contribution in [-0.4, -0.2) is 44.9 Å². The molecule has 0 radical (unpaired) electrons. The first-order valence-corrected chi connectivity index (χ1v) is 6.15. The molecule has 5 heteroatoms. The van der Waals surface area contributed by atoms with Crippen LogP contribution in [0.3, 0.4) is 0 Å². The van der Waals surface area contributed by atoms with Gasteiger partial charge in [-0.3, -0.25) is 0 Å². The maximum absolute atomic E-state index is 11.4. The van der Waals surface area contributed by atoms with Crippen LogP contribution >= 0.6 is 11.6 Å².